The molecule has 12 nitrogen and oxygen atoms in total. The number of carbonyl (C=O) groups is 5. The van der Waals surface area contributed by atoms with Crippen LogP contribution in [0, 0.1) is 12.0 Å². The lowest BCUT2D eigenvalue weighted by Crippen LogP contribution is -2.36. The van der Waals surface area contributed by atoms with Gasteiger partial charge in [-0.15, -0.1) is 0 Å². The van der Waals surface area contributed by atoms with E-state index in [0.717, 1.165) is 24.2 Å². The SMILES string of the molecule is CC#COC(=O)/C(=C/C=C/N(CC)CC)Cc1ccccc1.CC(C)OC(=O)C(=C/C=C1\OCC(C)(C)N1C)C(=O)OC(C)C.COc1ccc(C(=O)CC(=O)c2ccc(C(C)(C)C)cc2)cc1.[HH].[HH].[HH].[HH].[HH].[HH].[HH]. The number of esters is 3. The molecular weight excluding hydrogens is 861 g/mol. The molecule has 1 aliphatic heterocycles. The largest absolute Gasteiger partial charge is 0.497 e. The van der Waals surface area contributed by atoms with E-state index >= 15 is 0 Å². The van der Waals surface area contributed by atoms with Gasteiger partial charge in [0.05, 0.1) is 31.3 Å². The Morgan fingerprint density at radius 1 is 0.809 bits per heavy atom. The fraction of sp³-hybridized carbons (Fsp3) is 0.411. The summed E-state index contributed by atoms with van der Waals surface area (Å²) in [5.41, 5.74) is 3.64. The van der Waals surface area contributed by atoms with Crippen LogP contribution >= 0.6 is 0 Å². The van der Waals surface area contributed by atoms with E-state index in [2.05, 4.69) is 51.5 Å². The van der Waals surface area contributed by atoms with Crippen LogP contribution in [0.2, 0.25) is 0 Å². The van der Waals surface area contributed by atoms with Crippen molar-refractivity contribution in [2.45, 2.75) is 119 Å². The van der Waals surface area contributed by atoms with Crippen molar-refractivity contribution in [2.75, 3.05) is 33.9 Å². The molecule has 0 atom stereocenters. The number of ketones is 2. The van der Waals surface area contributed by atoms with Gasteiger partial charge in [-0.1, -0.05) is 81.3 Å². The highest BCUT2D eigenvalue weighted by molar-refractivity contribution is 6.14. The molecule has 0 saturated carbocycles. The number of benzene rings is 3. The molecule has 1 saturated heterocycles. The molecule has 380 valence electrons. The van der Waals surface area contributed by atoms with E-state index in [1.54, 1.807) is 90.3 Å². The van der Waals surface area contributed by atoms with Gasteiger partial charge >= 0.3 is 17.9 Å². The molecule has 3 aromatic carbocycles. The number of methoxy groups -OCH3 is 1. The average Bonchev–Trinajstić information content (AvgIpc) is 3.56. The van der Waals surface area contributed by atoms with Crippen LogP contribution in [0.5, 0.6) is 5.75 Å². The van der Waals surface area contributed by atoms with Gasteiger partial charge in [0.25, 0.3) is 0 Å². The molecule has 68 heavy (non-hydrogen) atoms. The smallest absolute Gasteiger partial charge is 0.348 e. The number of likely N-dealkylation sites (N-methyl/N-ethyl adjacent to an activating group) is 1. The second-order valence-electron chi connectivity index (χ2n) is 17.9. The number of hydrogen-bond acceptors (Lipinski definition) is 12. The van der Waals surface area contributed by atoms with E-state index in [1.807, 2.05) is 80.5 Å². The molecule has 0 radical (unpaired) electrons. The molecule has 1 heterocycles. The molecule has 3 aromatic rings. The van der Waals surface area contributed by atoms with Crippen LogP contribution in [0.25, 0.3) is 0 Å². The van der Waals surface area contributed by atoms with Gasteiger partial charge in [0, 0.05) is 60.2 Å². The highest BCUT2D eigenvalue weighted by Crippen LogP contribution is 2.28. The van der Waals surface area contributed by atoms with Crippen LogP contribution in [-0.4, -0.2) is 90.9 Å². The fourth-order valence-electron chi connectivity index (χ4n) is 6.01. The monoisotopic (exact) mass is 947 g/mol. The first-order valence-electron chi connectivity index (χ1n) is 22.9. The predicted molar refractivity (Wildman–Crippen MR) is 282 cm³/mol. The summed E-state index contributed by atoms with van der Waals surface area (Å²) in [5.74, 6) is 1.68. The van der Waals surface area contributed by atoms with Crippen molar-refractivity contribution in [1.82, 2.24) is 9.80 Å². The van der Waals surface area contributed by atoms with Crippen molar-refractivity contribution in [3.63, 3.8) is 0 Å². The number of nitrogens with zero attached hydrogens (tertiary/aromatic N) is 2. The Hall–Kier alpha value is -6.87. The van der Waals surface area contributed by atoms with E-state index < -0.39 is 17.9 Å². The molecule has 0 aliphatic carbocycles. The highest BCUT2D eigenvalue weighted by atomic mass is 16.6. The third-order valence-electron chi connectivity index (χ3n) is 10.3. The zero-order valence-corrected chi connectivity index (χ0v) is 42.6. The van der Waals surface area contributed by atoms with Gasteiger partial charge in [-0.05, 0) is 127 Å². The number of allylic oxidation sites excluding steroid dienone is 4. The lowest BCUT2D eigenvalue weighted by molar-refractivity contribution is -0.151. The summed E-state index contributed by atoms with van der Waals surface area (Å²) in [7, 11) is 3.47. The second kappa shape index (κ2) is 28.3. The van der Waals surface area contributed by atoms with Gasteiger partial charge in [0.2, 0.25) is 0 Å². The lowest BCUT2D eigenvalue weighted by atomic mass is 9.86. The maximum Gasteiger partial charge on any atom is 0.348 e. The van der Waals surface area contributed by atoms with E-state index in [1.165, 1.54) is 6.08 Å². The molecular formula is C56H86N2O10. The van der Waals surface area contributed by atoms with E-state index in [9.17, 15) is 24.0 Å². The van der Waals surface area contributed by atoms with Gasteiger partial charge in [0.1, 0.15) is 24.0 Å². The van der Waals surface area contributed by atoms with Crippen molar-refractivity contribution < 1.29 is 57.6 Å². The van der Waals surface area contributed by atoms with Crippen molar-refractivity contribution >= 4 is 29.5 Å². The third-order valence-corrected chi connectivity index (χ3v) is 10.3. The Labute approximate surface area is 415 Å². The average molecular weight is 947 g/mol. The minimum absolute atomic E-state index is 0. The number of carbonyl (C=O) groups excluding carboxylic acids is 5. The predicted octanol–water partition coefficient (Wildman–Crippen LogP) is 12.1. The van der Waals surface area contributed by atoms with Gasteiger partial charge < -0.3 is 33.5 Å². The summed E-state index contributed by atoms with van der Waals surface area (Å²) in [4.78, 5) is 64.9. The molecule has 1 aliphatic rings. The number of hydrogen-bond donors (Lipinski definition) is 0. The van der Waals surface area contributed by atoms with Crippen LogP contribution in [0.1, 0.15) is 131 Å². The summed E-state index contributed by atoms with van der Waals surface area (Å²) < 4.78 is 25.8. The zero-order valence-electron chi connectivity index (χ0n) is 42.6. The van der Waals surface area contributed by atoms with Crippen molar-refractivity contribution in [1.29, 1.82) is 0 Å². The van der Waals surface area contributed by atoms with Crippen molar-refractivity contribution in [3.8, 4) is 17.8 Å². The fourth-order valence-corrected chi connectivity index (χ4v) is 6.01. The van der Waals surface area contributed by atoms with Gasteiger partial charge in [-0.3, -0.25) is 9.59 Å². The maximum atomic E-state index is 12.3. The summed E-state index contributed by atoms with van der Waals surface area (Å²) in [5, 5.41) is 0. The molecule has 1 fully saturated rings. The summed E-state index contributed by atoms with van der Waals surface area (Å²) in [6.07, 6.45) is 10.7. The summed E-state index contributed by atoms with van der Waals surface area (Å²) >= 11 is 0. The van der Waals surface area contributed by atoms with Crippen LogP contribution in [0.4, 0.5) is 0 Å². The first-order chi connectivity index (χ1) is 32.1. The standard InChI is InChI=1S/C20H22O3.C19H23NO2.C17H27NO5.7H2/c1-20(2,3)16-9-5-14(6-10-16)18(21)13-19(22)15-7-11-17(23-4)12-8-15;1-4-15-22-19(21)18(13-10-14-20(5-2)6-3)16-17-11-8-7-9-12-17;1-11(2)22-15(19)13(16(20)23-12(3)4)8-9-14-18(7)17(5,6)10-21-14;;;;;;;/h5-12H,13H2,1-4H3;7-14H,5-6,16H2,1-3H3;8-9,11-12H,10H2,1-7H3;7*1H/b;14-10+,18-13+;14-9-;;;;;;;. The number of rotatable bonds is 17. The first-order valence-corrected chi connectivity index (χ1v) is 22.9. The zero-order chi connectivity index (χ0) is 51.0. The number of Topliss-reactive ketones (excluding diaryl/α,β-unsaturated/α-hetero) is 2. The Balaban J connectivity index is -0.000000228. The Kier molecular flexibility index (Phi) is 23.9. The molecule has 0 spiro atoms. The Morgan fingerprint density at radius 3 is 1.78 bits per heavy atom. The summed E-state index contributed by atoms with van der Waals surface area (Å²) in [6, 6.07) is 24.1. The lowest BCUT2D eigenvalue weighted by Gasteiger charge is -2.25. The molecule has 0 N–H and O–H groups in total. The number of ether oxygens (including phenoxy) is 5. The Morgan fingerprint density at radius 2 is 1.34 bits per heavy atom. The highest BCUT2D eigenvalue weighted by Gasteiger charge is 2.34. The molecule has 0 amide bonds. The van der Waals surface area contributed by atoms with Crippen molar-refractivity contribution in [2.24, 2.45) is 0 Å². The maximum absolute atomic E-state index is 12.3. The quantitative estimate of drug-likeness (QED) is 0.0186. The van der Waals surface area contributed by atoms with Crippen LogP contribution in [0.15, 0.2) is 126 Å². The summed E-state index contributed by atoms with van der Waals surface area (Å²) in [6.45, 7) is 25.5. The third kappa shape index (κ3) is 19.9. The molecule has 0 bridgehead atoms. The topological polar surface area (TPSA) is 138 Å². The van der Waals surface area contributed by atoms with Crippen LogP contribution in [-0.2, 0) is 45.2 Å². The van der Waals surface area contributed by atoms with Gasteiger partial charge in [0.15, 0.2) is 17.4 Å². The van der Waals surface area contributed by atoms with Gasteiger partial charge in [-0.2, -0.15) is 0 Å². The van der Waals surface area contributed by atoms with E-state index in [0.29, 0.717) is 41.4 Å². The van der Waals surface area contributed by atoms with Gasteiger partial charge in [-0.25, -0.2) is 14.4 Å². The van der Waals surface area contributed by atoms with Crippen LogP contribution < -0.4 is 4.74 Å². The first kappa shape index (κ1) is 57.3. The van der Waals surface area contributed by atoms with E-state index in [-0.39, 0.29) is 56.7 Å². The van der Waals surface area contributed by atoms with Crippen molar-refractivity contribution in [3.05, 3.63) is 149 Å². The molecule has 0 unspecified atom stereocenters. The van der Waals surface area contributed by atoms with E-state index in [4.69, 9.17) is 23.7 Å². The minimum Gasteiger partial charge on any atom is -0.497 e. The molecule has 0 aromatic heterocycles. The Bertz CT molecular complexity index is 2310. The van der Waals surface area contributed by atoms with Crippen LogP contribution in [0.3, 0.4) is 0 Å². The second-order valence-corrected chi connectivity index (χ2v) is 17.9. The normalized spacial score (nSPS) is 13.4. The minimum atomic E-state index is -0.706. The molecule has 4 rings (SSSR count). The molecule has 12 heteroatoms.